The largest absolute Gasteiger partial charge is 0.452 e. The van der Waals surface area contributed by atoms with Gasteiger partial charge in [-0.15, -0.1) is 0 Å². The van der Waals surface area contributed by atoms with E-state index in [0.717, 1.165) is 12.1 Å². The van der Waals surface area contributed by atoms with Crippen LogP contribution in [0.3, 0.4) is 0 Å². The van der Waals surface area contributed by atoms with Gasteiger partial charge in [-0.2, -0.15) is 18.3 Å². The van der Waals surface area contributed by atoms with Gasteiger partial charge in [-0.3, -0.25) is 9.48 Å². The number of nitrogens with zero attached hydrogens (tertiary/aromatic N) is 2. The van der Waals surface area contributed by atoms with E-state index in [0.29, 0.717) is 0 Å². The standard InChI is InChI=1S/C14H11ClF3N3O3/c1-21-6-8(5-19-21)13(23)24-7-11(22)20-12-9(14(16,17)18)3-2-4-10(12)15/h2-6H,7H2,1H3,(H,20,22). The topological polar surface area (TPSA) is 73.2 Å². The van der Waals surface area contributed by atoms with Crippen LogP contribution in [0.1, 0.15) is 15.9 Å². The molecule has 0 aliphatic carbocycles. The predicted molar refractivity (Wildman–Crippen MR) is 78.6 cm³/mol. The third-order valence-corrected chi connectivity index (χ3v) is 3.17. The Hall–Kier alpha value is -2.55. The Bertz CT molecular complexity index is 774. The SMILES string of the molecule is Cn1cc(C(=O)OCC(=O)Nc2c(Cl)cccc2C(F)(F)F)cn1. The first-order valence-electron chi connectivity index (χ1n) is 6.50. The molecular weight excluding hydrogens is 351 g/mol. The van der Waals surface area contributed by atoms with Gasteiger partial charge < -0.3 is 10.1 Å². The molecule has 0 saturated carbocycles. The van der Waals surface area contributed by atoms with Gasteiger partial charge in [-0.25, -0.2) is 4.79 Å². The van der Waals surface area contributed by atoms with Gasteiger partial charge in [0.25, 0.3) is 5.91 Å². The number of rotatable bonds is 4. The molecule has 1 aromatic carbocycles. The van der Waals surface area contributed by atoms with E-state index >= 15 is 0 Å². The molecule has 1 amide bonds. The van der Waals surface area contributed by atoms with Crippen LogP contribution in [0.15, 0.2) is 30.6 Å². The quantitative estimate of drug-likeness (QED) is 0.850. The zero-order valence-corrected chi connectivity index (χ0v) is 13.0. The monoisotopic (exact) mass is 361 g/mol. The van der Waals surface area contributed by atoms with Crippen molar-refractivity contribution in [1.29, 1.82) is 0 Å². The molecule has 2 aromatic rings. The Morgan fingerprint density at radius 3 is 2.67 bits per heavy atom. The van der Waals surface area contributed by atoms with Crippen LogP contribution in [0.4, 0.5) is 18.9 Å². The van der Waals surface area contributed by atoms with Crippen molar-refractivity contribution in [3.05, 3.63) is 46.7 Å². The summed E-state index contributed by atoms with van der Waals surface area (Å²) in [5, 5.41) is 5.48. The highest BCUT2D eigenvalue weighted by Crippen LogP contribution is 2.38. The number of halogens is 4. The normalized spacial score (nSPS) is 11.2. The molecule has 1 aromatic heterocycles. The Balaban J connectivity index is 2.04. The molecule has 24 heavy (non-hydrogen) atoms. The van der Waals surface area contributed by atoms with Crippen molar-refractivity contribution in [3.63, 3.8) is 0 Å². The molecule has 0 spiro atoms. The van der Waals surface area contributed by atoms with Gasteiger partial charge in [-0.1, -0.05) is 17.7 Å². The minimum atomic E-state index is -4.69. The van der Waals surface area contributed by atoms with Crippen LogP contribution in [0.5, 0.6) is 0 Å². The van der Waals surface area contributed by atoms with Gasteiger partial charge >= 0.3 is 12.1 Å². The number of carbonyl (C=O) groups is 2. The summed E-state index contributed by atoms with van der Waals surface area (Å²) in [6.07, 6.45) is -2.09. The number of ether oxygens (including phenoxy) is 1. The summed E-state index contributed by atoms with van der Waals surface area (Å²) in [6.45, 7) is -0.768. The van der Waals surface area contributed by atoms with Gasteiger partial charge in [0.1, 0.15) is 0 Å². The van der Waals surface area contributed by atoms with Gasteiger partial charge in [0, 0.05) is 13.2 Å². The number of aromatic nitrogens is 2. The lowest BCUT2D eigenvalue weighted by Crippen LogP contribution is -2.23. The maximum atomic E-state index is 12.9. The molecule has 1 N–H and O–H groups in total. The smallest absolute Gasteiger partial charge is 0.418 e. The molecule has 128 valence electrons. The summed E-state index contributed by atoms with van der Waals surface area (Å²) >= 11 is 5.71. The average molecular weight is 362 g/mol. The van der Waals surface area contributed by atoms with Crippen LogP contribution >= 0.6 is 11.6 Å². The van der Waals surface area contributed by atoms with E-state index in [2.05, 4.69) is 5.10 Å². The molecule has 0 aliphatic heterocycles. The fourth-order valence-electron chi connectivity index (χ4n) is 1.80. The second kappa shape index (κ2) is 6.91. The van der Waals surface area contributed by atoms with E-state index in [4.69, 9.17) is 16.3 Å². The Morgan fingerprint density at radius 2 is 2.08 bits per heavy atom. The molecule has 0 aliphatic rings. The first-order chi connectivity index (χ1) is 11.2. The van der Waals surface area contributed by atoms with E-state index in [1.807, 2.05) is 5.32 Å². The molecule has 0 saturated heterocycles. The van der Waals surface area contributed by atoms with Gasteiger partial charge in [0.15, 0.2) is 6.61 Å². The van der Waals surface area contributed by atoms with Crippen molar-refractivity contribution in [3.8, 4) is 0 Å². The van der Waals surface area contributed by atoms with Crippen molar-refractivity contribution in [2.24, 2.45) is 7.05 Å². The maximum Gasteiger partial charge on any atom is 0.418 e. The number of aryl methyl sites for hydroxylation is 1. The van der Waals surface area contributed by atoms with Crippen LogP contribution in [-0.2, 0) is 22.8 Å². The fraction of sp³-hybridized carbons (Fsp3) is 0.214. The molecule has 6 nitrogen and oxygen atoms in total. The van der Waals surface area contributed by atoms with Crippen LogP contribution in [0.2, 0.25) is 5.02 Å². The number of anilines is 1. The number of amides is 1. The van der Waals surface area contributed by atoms with E-state index in [-0.39, 0.29) is 10.6 Å². The Labute approximate surface area is 139 Å². The molecule has 0 fully saturated rings. The average Bonchev–Trinajstić information content (AvgIpc) is 2.92. The van der Waals surface area contributed by atoms with Crippen LogP contribution in [0.25, 0.3) is 0 Å². The third-order valence-electron chi connectivity index (χ3n) is 2.86. The minimum absolute atomic E-state index is 0.110. The van der Waals surface area contributed by atoms with E-state index < -0.39 is 35.9 Å². The lowest BCUT2D eigenvalue weighted by Gasteiger charge is -2.15. The highest BCUT2D eigenvalue weighted by atomic mass is 35.5. The first kappa shape index (κ1) is 17.8. The molecule has 1 heterocycles. The number of hydrogen-bond acceptors (Lipinski definition) is 4. The lowest BCUT2D eigenvalue weighted by atomic mass is 10.1. The number of para-hydroxylation sites is 1. The van der Waals surface area contributed by atoms with Crippen LogP contribution < -0.4 is 5.32 Å². The maximum absolute atomic E-state index is 12.9. The van der Waals surface area contributed by atoms with Gasteiger partial charge in [0.05, 0.1) is 28.0 Å². The van der Waals surface area contributed by atoms with Crippen molar-refractivity contribution in [2.75, 3.05) is 11.9 Å². The van der Waals surface area contributed by atoms with Gasteiger partial charge in [0.2, 0.25) is 0 Å². The third kappa shape index (κ3) is 4.25. The molecule has 0 bridgehead atoms. The minimum Gasteiger partial charge on any atom is -0.452 e. The summed E-state index contributed by atoms with van der Waals surface area (Å²) in [6, 6.07) is 3.10. The summed E-state index contributed by atoms with van der Waals surface area (Å²) in [5.41, 5.74) is -1.57. The number of alkyl halides is 3. The molecule has 0 radical (unpaired) electrons. The Morgan fingerprint density at radius 1 is 1.38 bits per heavy atom. The van der Waals surface area contributed by atoms with Crippen LogP contribution in [-0.4, -0.2) is 28.3 Å². The number of nitrogens with one attached hydrogen (secondary N) is 1. The summed E-state index contributed by atoms with van der Waals surface area (Å²) < 4.78 is 44.8. The van der Waals surface area contributed by atoms with E-state index in [1.165, 1.54) is 23.1 Å². The highest BCUT2D eigenvalue weighted by molar-refractivity contribution is 6.34. The summed E-state index contributed by atoms with van der Waals surface area (Å²) in [7, 11) is 1.58. The lowest BCUT2D eigenvalue weighted by molar-refractivity contribution is -0.137. The van der Waals surface area contributed by atoms with E-state index in [9.17, 15) is 22.8 Å². The van der Waals surface area contributed by atoms with Crippen LogP contribution in [0, 0.1) is 0 Å². The first-order valence-corrected chi connectivity index (χ1v) is 6.87. The second-order valence-electron chi connectivity index (χ2n) is 4.69. The van der Waals surface area contributed by atoms with E-state index in [1.54, 1.807) is 7.05 Å². The zero-order valence-electron chi connectivity index (χ0n) is 12.2. The molecule has 10 heteroatoms. The summed E-state index contributed by atoms with van der Waals surface area (Å²) in [5.74, 6) is -1.78. The number of hydrogen-bond donors (Lipinski definition) is 1. The molecule has 2 rings (SSSR count). The fourth-order valence-corrected chi connectivity index (χ4v) is 2.03. The Kier molecular flexibility index (Phi) is 5.13. The second-order valence-corrected chi connectivity index (χ2v) is 5.09. The number of benzene rings is 1. The van der Waals surface area contributed by atoms with Crippen molar-refractivity contribution in [2.45, 2.75) is 6.18 Å². The molecule has 0 unspecified atom stereocenters. The predicted octanol–water partition coefficient (Wildman–Crippen LogP) is 2.89. The van der Waals surface area contributed by atoms with Crippen molar-refractivity contribution in [1.82, 2.24) is 9.78 Å². The molecule has 0 atom stereocenters. The summed E-state index contributed by atoms with van der Waals surface area (Å²) in [4.78, 5) is 23.4. The van der Waals surface area contributed by atoms with Crippen molar-refractivity contribution >= 4 is 29.2 Å². The molecular formula is C14H11ClF3N3O3. The van der Waals surface area contributed by atoms with Crippen molar-refractivity contribution < 1.29 is 27.5 Å². The van der Waals surface area contributed by atoms with Gasteiger partial charge in [-0.05, 0) is 12.1 Å². The number of carbonyl (C=O) groups excluding carboxylic acids is 2. The number of esters is 1. The highest BCUT2D eigenvalue weighted by Gasteiger charge is 2.34. The zero-order chi connectivity index (χ0) is 17.9.